The third-order valence-electron chi connectivity index (χ3n) is 5.44. The molecule has 0 bridgehead atoms. The molecule has 37 heavy (non-hydrogen) atoms. The molecule has 3 aromatic rings. The van der Waals surface area contributed by atoms with Gasteiger partial charge in [-0.25, -0.2) is 24.4 Å². The van der Waals surface area contributed by atoms with E-state index in [2.05, 4.69) is 11.8 Å². The van der Waals surface area contributed by atoms with E-state index < -0.39 is 18.2 Å². The van der Waals surface area contributed by atoms with E-state index in [9.17, 15) is 19.5 Å². The normalized spacial score (nSPS) is 10.0. The van der Waals surface area contributed by atoms with E-state index in [0.717, 1.165) is 21.1 Å². The first-order valence-electron chi connectivity index (χ1n) is 11.7. The zero-order valence-corrected chi connectivity index (χ0v) is 20.9. The molecular weight excluding hydrogens is 472 g/mol. The van der Waals surface area contributed by atoms with Gasteiger partial charge in [0.2, 0.25) is 0 Å². The quantitative estimate of drug-likeness (QED) is 0.280. The number of hydrazine groups is 1. The molecule has 0 aliphatic heterocycles. The van der Waals surface area contributed by atoms with Crippen LogP contribution in [-0.2, 0) is 22.6 Å². The van der Waals surface area contributed by atoms with E-state index in [0.29, 0.717) is 16.7 Å². The fourth-order valence-corrected chi connectivity index (χ4v) is 3.42. The second-order valence-electron chi connectivity index (χ2n) is 8.14. The number of hydrogen-bond acceptors (Lipinski definition) is 5. The Morgan fingerprint density at radius 1 is 0.838 bits per heavy atom. The fraction of sp³-hybridized carbons (Fsp3) is 0.207. The third kappa shape index (κ3) is 7.61. The first kappa shape index (κ1) is 26.8. The van der Waals surface area contributed by atoms with Crippen molar-refractivity contribution in [3.8, 4) is 17.6 Å². The molecule has 0 aromatic heterocycles. The summed E-state index contributed by atoms with van der Waals surface area (Å²) < 4.78 is 10.6. The number of amides is 2. The predicted octanol–water partition coefficient (Wildman–Crippen LogP) is 5.31. The number of esters is 1. The van der Waals surface area contributed by atoms with Gasteiger partial charge < -0.3 is 14.6 Å². The van der Waals surface area contributed by atoms with E-state index in [4.69, 9.17) is 9.47 Å². The summed E-state index contributed by atoms with van der Waals surface area (Å²) in [6.45, 7) is 5.45. The highest BCUT2D eigenvalue weighted by Gasteiger charge is 2.29. The smallest absolute Gasteiger partial charge is 0.434 e. The molecule has 3 aromatic carbocycles. The molecule has 1 N–H and O–H groups in total. The lowest BCUT2D eigenvalue weighted by Gasteiger charge is -2.32. The number of carbonyl (C=O) groups excluding carboxylic acids is 2. The number of rotatable bonds is 6. The van der Waals surface area contributed by atoms with Crippen LogP contribution in [-0.4, -0.2) is 39.9 Å². The van der Waals surface area contributed by atoms with Gasteiger partial charge in [0.25, 0.3) is 0 Å². The maximum atomic E-state index is 13.5. The lowest BCUT2D eigenvalue weighted by Crippen LogP contribution is -2.49. The van der Waals surface area contributed by atoms with Gasteiger partial charge in [-0.05, 0) is 55.2 Å². The minimum absolute atomic E-state index is 0.0481. The number of ether oxygens (including phenoxy) is 2. The van der Waals surface area contributed by atoms with Crippen LogP contribution in [0.5, 0.6) is 5.75 Å². The molecule has 0 heterocycles. The molecule has 0 aliphatic rings. The summed E-state index contributed by atoms with van der Waals surface area (Å²) in [6.07, 6.45) is -2.23. The Balaban J connectivity index is 1.98. The minimum atomic E-state index is -1.32. The lowest BCUT2D eigenvalue weighted by molar-refractivity contribution is -0.136. The maximum Gasteiger partial charge on any atom is 0.434 e. The molecule has 8 heteroatoms. The van der Waals surface area contributed by atoms with Gasteiger partial charge in [0.05, 0.1) is 25.3 Å². The standard InChI is InChI=1S/C29H28N2O6/c1-4-36-27(32)16-15-25-17-21(2)22(3)18-26(25)37-29(35)31(20-24-13-9-6-10-14-24)30(28(33)34)19-23-11-7-5-8-12-23/h5-14,17-18H,4,19-20H2,1-3H3,(H,33,34). The Morgan fingerprint density at radius 2 is 1.38 bits per heavy atom. The number of nitrogens with zero attached hydrogens (tertiary/aromatic N) is 2. The second kappa shape index (κ2) is 12.8. The zero-order valence-electron chi connectivity index (χ0n) is 20.9. The topological polar surface area (TPSA) is 96.4 Å². The molecular formula is C29H28N2O6. The molecule has 0 spiro atoms. The van der Waals surface area contributed by atoms with Crippen molar-refractivity contribution in [2.45, 2.75) is 33.9 Å². The summed E-state index contributed by atoms with van der Waals surface area (Å²) in [7, 11) is 0. The largest absolute Gasteiger partial charge is 0.464 e. The molecule has 0 unspecified atom stereocenters. The molecule has 0 saturated carbocycles. The number of carbonyl (C=O) groups is 3. The molecule has 0 atom stereocenters. The monoisotopic (exact) mass is 500 g/mol. The van der Waals surface area contributed by atoms with Gasteiger partial charge in [-0.1, -0.05) is 66.6 Å². The summed E-state index contributed by atoms with van der Waals surface area (Å²) in [4.78, 5) is 37.6. The van der Waals surface area contributed by atoms with Crippen LogP contribution in [0.1, 0.15) is 34.7 Å². The Morgan fingerprint density at radius 3 is 1.92 bits per heavy atom. The van der Waals surface area contributed by atoms with Crippen LogP contribution in [0.4, 0.5) is 9.59 Å². The van der Waals surface area contributed by atoms with Crippen molar-refractivity contribution >= 4 is 18.2 Å². The lowest BCUT2D eigenvalue weighted by atomic mass is 10.1. The molecule has 190 valence electrons. The van der Waals surface area contributed by atoms with Crippen molar-refractivity contribution in [3.05, 3.63) is 101 Å². The van der Waals surface area contributed by atoms with Gasteiger partial charge >= 0.3 is 18.2 Å². The summed E-state index contributed by atoms with van der Waals surface area (Å²) >= 11 is 0. The van der Waals surface area contributed by atoms with Crippen LogP contribution in [0.25, 0.3) is 0 Å². The van der Waals surface area contributed by atoms with Gasteiger partial charge in [0, 0.05) is 5.92 Å². The van der Waals surface area contributed by atoms with Crippen LogP contribution < -0.4 is 4.74 Å². The highest BCUT2D eigenvalue weighted by molar-refractivity contribution is 5.89. The van der Waals surface area contributed by atoms with Gasteiger partial charge in [-0.3, -0.25) is 0 Å². The van der Waals surface area contributed by atoms with E-state index in [1.165, 1.54) is 0 Å². The Labute approximate surface area is 216 Å². The van der Waals surface area contributed by atoms with E-state index in [1.807, 2.05) is 26.0 Å². The first-order valence-corrected chi connectivity index (χ1v) is 11.7. The molecule has 0 aliphatic carbocycles. The van der Waals surface area contributed by atoms with Gasteiger partial charge in [0.1, 0.15) is 5.75 Å². The predicted molar refractivity (Wildman–Crippen MR) is 137 cm³/mol. The van der Waals surface area contributed by atoms with Crippen LogP contribution in [0.3, 0.4) is 0 Å². The highest BCUT2D eigenvalue weighted by atomic mass is 16.6. The van der Waals surface area contributed by atoms with E-state index in [-0.39, 0.29) is 25.4 Å². The molecule has 8 nitrogen and oxygen atoms in total. The van der Waals surface area contributed by atoms with Gasteiger partial charge in [0.15, 0.2) is 0 Å². The average molecular weight is 501 g/mol. The maximum absolute atomic E-state index is 13.5. The average Bonchev–Trinajstić information content (AvgIpc) is 2.88. The van der Waals surface area contributed by atoms with E-state index >= 15 is 0 Å². The first-order chi connectivity index (χ1) is 17.8. The van der Waals surface area contributed by atoms with Crippen molar-refractivity contribution in [2.75, 3.05) is 6.61 Å². The van der Waals surface area contributed by atoms with Crippen molar-refractivity contribution in [3.63, 3.8) is 0 Å². The molecule has 0 fully saturated rings. The number of benzene rings is 3. The SMILES string of the molecule is CCOC(=O)C#Cc1cc(C)c(C)cc1OC(=O)N(Cc1ccccc1)N(Cc1ccccc1)C(=O)O. The summed E-state index contributed by atoms with van der Waals surface area (Å²) in [5.41, 5.74) is 3.42. The van der Waals surface area contributed by atoms with Gasteiger partial charge in [-0.2, -0.15) is 0 Å². The van der Waals surface area contributed by atoms with Crippen LogP contribution in [0.2, 0.25) is 0 Å². The molecule has 0 radical (unpaired) electrons. The Hall–Kier alpha value is -4.77. The van der Waals surface area contributed by atoms with Crippen LogP contribution >= 0.6 is 0 Å². The number of hydrogen-bond donors (Lipinski definition) is 1. The summed E-state index contributed by atoms with van der Waals surface area (Å²) in [6, 6.07) is 21.3. The Kier molecular flexibility index (Phi) is 9.28. The zero-order chi connectivity index (χ0) is 26.8. The molecule has 0 saturated heterocycles. The van der Waals surface area contributed by atoms with Crippen molar-refractivity contribution in [2.24, 2.45) is 0 Å². The minimum Gasteiger partial charge on any atom is -0.464 e. The van der Waals surface area contributed by atoms with Crippen molar-refractivity contribution in [1.82, 2.24) is 10.0 Å². The molecule has 3 rings (SSSR count). The van der Waals surface area contributed by atoms with Crippen molar-refractivity contribution in [1.29, 1.82) is 0 Å². The van der Waals surface area contributed by atoms with Gasteiger partial charge in [-0.15, -0.1) is 0 Å². The Bertz CT molecular complexity index is 1310. The van der Waals surface area contributed by atoms with E-state index in [1.54, 1.807) is 67.6 Å². The highest BCUT2D eigenvalue weighted by Crippen LogP contribution is 2.24. The molecule has 2 amide bonds. The second-order valence-corrected chi connectivity index (χ2v) is 8.14. The fourth-order valence-electron chi connectivity index (χ4n) is 3.42. The summed E-state index contributed by atoms with van der Waals surface area (Å²) in [5, 5.41) is 12.0. The van der Waals surface area contributed by atoms with Crippen molar-refractivity contribution < 1.29 is 29.0 Å². The van der Waals surface area contributed by atoms with Crippen LogP contribution in [0, 0.1) is 25.7 Å². The van der Waals surface area contributed by atoms with Crippen LogP contribution in [0.15, 0.2) is 72.8 Å². The number of carboxylic acid groups (broad SMARTS) is 1. The third-order valence-corrected chi connectivity index (χ3v) is 5.44. The number of aryl methyl sites for hydroxylation is 2. The summed E-state index contributed by atoms with van der Waals surface area (Å²) in [5.74, 6) is 4.48.